The topological polar surface area (TPSA) is 143 Å². The second kappa shape index (κ2) is 6.90. The second-order valence-corrected chi connectivity index (χ2v) is 9.28. The molecule has 0 aromatic carbocycles. The van der Waals surface area contributed by atoms with E-state index in [9.17, 15) is 23.4 Å². The molecule has 154 valence electrons. The van der Waals surface area contributed by atoms with E-state index in [0.717, 1.165) is 5.39 Å². The third-order valence-electron chi connectivity index (χ3n) is 5.23. The lowest BCUT2D eigenvalue weighted by Gasteiger charge is -2.48. The van der Waals surface area contributed by atoms with Gasteiger partial charge in [0.25, 0.3) is 0 Å². The van der Waals surface area contributed by atoms with E-state index in [1.807, 2.05) is 0 Å². The first-order valence-corrected chi connectivity index (χ1v) is 10.6. The predicted octanol–water partition coefficient (Wildman–Crippen LogP) is 0.0799. The van der Waals surface area contributed by atoms with Gasteiger partial charge >= 0.3 is 5.97 Å². The number of carboxylic acid groups (broad SMARTS) is 1. The van der Waals surface area contributed by atoms with E-state index in [2.05, 4.69) is 15.1 Å². The van der Waals surface area contributed by atoms with Crippen molar-refractivity contribution in [2.45, 2.75) is 25.6 Å². The van der Waals surface area contributed by atoms with E-state index < -0.39 is 21.5 Å². The number of rotatable bonds is 7. The molecule has 0 aliphatic carbocycles. The van der Waals surface area contributed by atoms with E-state index in [4.69, 9.17) is 0 Å². The number of hydrogen-bond donors (Lipinski definition) is 2. The largest absolute Gasteiger partial charge is 0.481 e. The summed E-state index contributed by atoms with van der Waals surface area (Å²) >= 11 is 0. The van der Waals surface area contributed by atoms with Crippen LogP contribution in [0.4, 0.5) is 0 Å². The van der Waals surface area contributed by atoms with Gasteiger partial charge in [-0.25, -0.2) is 18.4 Å². The fraction of sp³-hybridized carbons (Fsp3) is 0.412. The van der Waals surface area contributed by atoms with Crippen LogP contribution in [0.25, 0.3) is 22.3 Å². The Bertz CT molecular complexity index is 1180. The van der Waals surface area contributed by atoms with Gasteiger partial charge in [-0.15, -0.1) is 0 Å². The SMILES string of the molecule is CCS(=O)(=O)N1CC(CC(=O)O)(n2cc(-c3ncnc4c3ccn4CO)cn2)C1. The van der Waals surface area contributed by atoms with Crippen molar-refractivity contribution in [3.63, 3.8) is 0 Å². The summed E-state index contributed by atoms with van der Waals surface area (Å²) in [6.07, 6.45) is 6.07. The fourth-order valence-corrected chi connectivity index (χ4v) is 4.90. The van der Waals surface area contributed by atoms with Crippen LogP contribution < -0.4 is 0 Å². The molecule has 2 N–H and O–H groups in total. The maximum Gasteiger partial charge on any atom is 0.305 e. The molecule has 0 radical (unpaired) electrons. The van der Waals surface area contributed by atoms with Crippen molar-refractivity contribution in [3.05, 3.63) is 31.0 Å². The van der Waals surface area contributed by atoms with Crippen LogP contribution in [-0.4, -0.2) is 72.1 Å². The number of carbonyl (C=O) groups is 1. The molecule has 0 saturated carbocycles. The molecule has 0 atom stereocenters. The van der Waals surface area contributed by atoms with Gasteiger partial charge in [-0.05, 0) is 13.0 Å². The summed E-state index contributed by atoms with van der Waals surface area (Å²) in [5, 5.41) is 23.8. The van der Waals surface area contributed by atoms with Crippen LogP contribution in [0.1, 0.15) is 13.3 Å². The Kier molecular flexibility index (Phi) is 4.63. The van der Waals surface area contributed by atoms with E-state index in [0.29, 0.717) is 16.9 Å². The summed E-state index contributed by atoms with van der Waals surface area (Å²) in [5.74, 6) is -1.07. The highest BCUT2D eigenvalue weighted by Crippen LogP contribution is 2.36. The second-order valence-electron chi connectivity index (χ2n) is 7.02. The average molecular weight is 420 g/mol. The Morgan fingerprint density at radius 3 is 2.72 bits per heavy atom. The van der Waals surface area contributed by atoms with Gasteiger partial charge in [-0.2, -0.15) is 9.40 Å². The molecular formula is C17H20N6O5S. The number of fused-ring (bicyclic) bond motifs is 1. The summed E-state index contributed by atoms with van der Waals surface area (Å²) in [4.78, 5) is 19.9. The molecule has 12 heteroatoms. The van der Waals surface area contributed by atoms with Gasteiger partial charge in [0.15, 0.2) is 0 Å². The van der Waals surface area contributed by atoms with Crippen molar-refractivity contribution in [3.8, 4) is 11.3 Å². The zero-order valence-corrected chi connectivity index (χ0v) is 16.4. The molecule has 4 heterocycles. The van der Waals surface area contributed by atoms with E-state index in [1.54, 1.807) is 36.1 Å². The molecule has 1 fully saturated rings. The lowest BCUT2D eigenvalue weighted by molar-refractivity contribution is -0.141. The monoisotopic (exact) mass is 420 g/mol. The van der Waals surface area contributed by atoms with Crippen LogP contribution >= 0.6 is 0 Å². The van der Waals surface area contributed by atoms with Gasteiger partial charge in [0.1, 0.15) is 24.2 Å². The number of carboxylic acids is 1. The van der Waals surface area contributed by atoms with Crippen molar-refractivity contribution >= 4 is 27.0 Å². The maximum absolute atomic E-state index is 12.1. The van der Waals surface area contributed by atoms with E-state index in [1.165, 1.54) is 15.3 Å². The van der Waals surface area contributed by atoms with Crippen molar-refractivity contribution in [2.75, 3.05) is 18.8 Å². The number of aromatic nitrogens is 5. The van der Waals surface area contributed by atoms with Crippen molar-refractivity contribution in [2.24, 2.45) is 0 Å². The standard InChI is InChI=1S/C17H20N6O5S/c1-2-29(27,28)22-8-17(9-22,5-14(25)26)23-7-12(6-20-23)15-13-3-4-21(11-24)16(13)19-10-18-15/h3-4,6-7,10,24H,2,5,8-9,11H2,1H3,(H,25,26). The minimum atomic E-state index is -3.40. The first-order valence-electron chi connectivity index (χ1n) is 8.95. The third-order valence-corrected chi connectivity index (χ3v) is 7.00. The normalized spacial score (nSPS) is 16.8. The predicted molar refractivity (Wildman–Crippen MR) is 102 cm³/mol. The summed E-state index contributed by atoms with van der Waals surface area (Å²) in [5.41, 5.74) is 0.857. The lowest BCUT2D eigenvalue weighted by atomic mass is 9.88. The summed E-state index contributed by atoms with van der Waals surface area (Å²) < 4.78 is 28.6. The number of aliphatic hydroxyl groups is 1. The summed E-state index contributed by atoms with van der Waals surface area (Å²) in [6.45, 7) is 1.44. The molecule has 1 saturated heterocycles. The average Bonchev–Trinajstić information content (AvgIpc) is 3.30. The van der Waals surface area contributed by atoms with Gasteiger partial charge < -0.3 is 14.8 Å². The molecule has 0 spiro atoms. The molecule has 0 bridgehead atoms. The molecule has 29 heavy (non-hydrogen) atoms. The van der Waals surface area contributed by atoms with Crippen LogP contribution in [0, 0.1) is 0 Å². The minimum Gasteiger partial charge on any atom is -0.481 e. The molecule has 3 aromatic rings. The van der Waals surface area contributed by atoms with Gasteiger partial charge in [-0.3, -0.25) is 9.48 Å². The zero-order chi connectivity index (χ0) is 20.8. The third kappa shape index (κ3) is 3.18. The lowest BCUT2D eigenvalue weighted by Crippen LogP contribution is -2.65. The smallest absolute Gasteiger partial charge is 0.305 e. The highest BCUT2D eigenvalue weighted by Gasteiger charge is 2.51. The molecule has 11 nitrogen and oxygen atoms in total. The van der Waals surface area contributed by atoms with Crippen LogP contribution in [-0.2, 0) is 27.1 Å². The quantitative estimate of drug-likeness (QED) is 0.547. The number of sulfonamides is 1. The van der Waals surface area contributed by atoms with E-state index in [-0.39, 0.29) is 32.0 Å². The number of nitrogens with zero attached hydrogens (tertiary/aromatic N) is 6. The molecule has 0 unspecified atom stereocenters. The molecular weight excluding hydrogens is 400 g/mol. The summed E-state index contributed by atoms with van der Waals surface area (Å²) in [6, 6.07) is 1.78. The molecule has 4 rings (SSSR count). The van der Waals surface area contributed by atoms with Gasteiger partial charge in [0.05, 0.1) is 24.1 Å². The van der Waals surface area contributed by atoms with Crippen LogP contribution in [0.5, 0.6) is 0 Å². The molecule has 1 aliphatic heterocycles. The number of aliphatic hydroxyl groups excluding tert-OH is 1. The van der Waals surface area contributed by atoms with Crippen molar-refractivity contribution < 1.29 is 23.4 Å². The fourth-order valence-electron chi connectivity index (χ4n) is 3.66. The number of aliphatic carboxylic acids is 1. The molecule has 3 aromatic heterocycles. The van der Waals surface area contributed by atoms with Crippen molar-refractivity contribution in [1.29, 1.82) is 0 Å². The Hall–Kier alpha value is -2.83. The van der Waals surface area contributed by atoms with Crippen LogP contribution in [0.15, 0.2) is 31.0 Å². The Morgan fingerprint density at radius 2 is 2.07 bits per heavy atom. The summed E-state index contributed by atoms with van der Waals surface area (Å²) in [7, 11) is -3.40. The first-order chi connectivity index (χ1) is 13.8. The Labute approximate surface area is 166 Å². The Morgan fingerprint density at radius 1 is 1.31 bits per heavy atom. The zero-order valence-electron chi connectivity index (χ0n) is 15.6. The van der Waals surface area contributed by atoms with E-state index >= 15 is 0 Å². The molecule has 1 aliphatic rings. The highest BCUT2D eigenvalue weighted by molar-refractivity contribution is 7.89. The molecule has 0 amide bonds. The highest BCUT2D eigenvalue weighted by atomic mass is 32.2. The Balaban J connectivity index is 1.71. The minimum absolute atomic E-state index is 0.0404. The van der Waals surface area contributed by atoms with Crippen molar-refractivity contribution in [1.82, 2.24) is 28.6 Å². The number of hydrogen-bond acceptors (Lipinski definition) is 7. The van der Waals surface area contributed by atoms with Crippen LogP contribution in [0.3, 0.4) is 0 Å². The van der Waals surface area contributed by atoms with Gasteiger partial charge in [-0.1, -0.05) is 0 Å². The maximum atomic E-state index is 12.1. The van der Waals surface area contributed by atoms with Gasteiger partial charge in [0.2, 0.25) is 10.0 Å². The van der Waals surface area contributed by atoms with Gasteiger partial charge in [0, 0.05) is 36.4 Å². The van der Waals surface area contributed by atoms with Crippen LogP contribution in [0.2, 0.25) is 0 Å². The first kappa shape index (κ1) is 19.5.